The molecule has 0 spiro atoms. The second kappa shape index (κ2) is 8.15. The summed E-state index contributed by atoms with van der Waals surface area (Å²) in [6.45, 7) is 4.20. The molecule has 0 atom stereocenters. The predicted octanol–water partition coefficient (Wildman–Crippen LogP) is 2.79. The van der Waals surface area contributed by atoms with Gasteiger partial charge in [0.25, 0.3) is 5.91 Å². The number of methoxy groups -OCH3 is 1. The van der Waals surface area contributed by atoms with Crippen LogP contribution in [-0.2, 0) is 4.79 Å². The largest absolute Gasteiger partial charge is 0.497 e. The first-order valence-electron chi connectivity index (χ1n) is 7.78. The molecule has 0 unspecified atom stereocenters. The number of nitrogens with one attached hydrogen (secondary N) is 1. The summed E-state index contributed by atoms with van der Waals surface area (Å²) in [5.41, 5.74) is 2.39. The molecule has 0 heterocycles. The van der Waals surface area contributed by atoms with E-state index >= 15 is 0 Å². The van der Waals surface area contributed by atoms with Crippen LogP contribution in [0.1, 0.15) is 22.8 Å². The van der Waals surface area contributed by atoms with Crippen molar-refractivity contribution in [2.75, 3.05) is 25.1 Å². The van der Waals surface area contributed by atoms with E-state index in [-0.39, 0.29) is 11.8 Å². The van der Waals surface area contributed by atoms with Crippen molar-refractivity contribution >= 4 is 17.5 Å². The van der Waals surface area contributed by atoms with Crippen LogP contribution in [0.5, 0.6) is 5.75 Å². The Morgan fingerprint density at radius 2 is 1.88 bits per heavy atom. The lowest BCUT2D eigenvalue weighted by Gasteiger charge is -2.22. The molecule has 126 valence electrons. The van der Waals surface area contributed by atoms with E-state index in [1.54, 1.807) is 24.1 Å². The van der Waals surface area contributed by atoms with Gasteiger partial charge in [-0.15, -0.1) is 0 Å². The molecule has 2 rings (SSSR count). The van der Waals surface area contributed by atoms with Crippen LogP contribution in [0.2, 0.25) is 0 Å². The van der Waals surface area contributed by atoms with Crippen LogP contribution in [-0.4, -0.2) is 32.0 Å². The third kappa shape index (κ3) is 4.59. The molecule has 0 bridgehead atoms. The fourth-order valence-corrected chi connectivity index (χ4v) is 2.42. The van der Waals surface area contributed by atoms with Crippen LogP contribution in [0.25, 0.3) is 0 Å². The van der Waals surface area contributed by atoms with Crippen LogP contribution in [0.4, 0.5) is 5.69 Å². The standard InChI is InChI=1S/C19H22N2O3/c1-14-6-4-7-16(12-14)19(23)20-10-11-21(15(2)22)17-8-5-9-18(13-17)24-3/h4-9,12-13H,10-11H2,1-3H3,(H,20,23). The maximum atomic E-state index is 12.2. The van der Waals surface area contributed by atoms with Gasteiger partial charge in [-0.05, 0) is 31.2 Å². The predicted molar refractivity (Wildman–Crippen MR) is 94.5 cm³/mol. The molecular formula is C19H22N2O3. The van der Waals surface area contributed by atoms with Gasteiger partial charge in [-0.25, -0.2) is 0 Å². The molecule has 0 aliphatic rings. The van der Waals surface area contributed by atoms with Crippen molar-refractivity contribution in [3.8, 4) is 5.75 Å². The van der Waals surface area contributed by atoms with Crippen molar-refractivity contribution in [3.05, 3.63) is 59.7 Å². The van der Waals surface area contributed by atoms with Gasteiger partial charge >= 0.3 is 0 Å². The molecule has 5 heteroatoms. The zero-order valence-electron chi connectivity index (χ0n) is 14.2. The maximum Gasteiger partial charge on any atom is 0.251 e. The summed E-state index contributed by atoms with van der Waals surface area (Å²) in [6.07, 6.45) is 0. The molecule has 2 amide bonds. The van der Waals surface area contributed by atoms with E-state index < -0.39 is 0 Å². The SMILES string of the molecule is COc1cccc(N(CCNC(=O)c2cccc(C)c2)C(C)=O)c1. The first-order chi connectivity index (χ1) is 11.5. The van der Waals surface area contributed by atoms with E-state index in [2.05, 4.69) is 5.32 Å². The number of hydrogen-bond acceptors (Lipinski definition) is 3. The summed E-state index contributed by atoms with van der Waals surface area (Å²) in [7, 11) is 1.58. The van der Waals surface area contributed by atoms with Crippen molar-refractivity contribution in [1.29, 1.82) is 0 Å². The molecule has 0 aliphatic heterocycles. The van der Waals surface area contributed by atoms with Crippen LogP contribution in [0.3, 0.4) is 0 Å². The van der Waals surface area contributed by atoms with Gasteiger partial charge in [0.15, 0.2) is 0 Å². The molecule has 1 N–H and O–H groups in total. The van der Waals surface area contributed by atoms with E-state index in [1.807, 2.05) is 43.3 Å². The fourth-order valence-electron chi connectivity index (χ4n) is 2.42. The third-order valence-electron chi connectivity index (χ3n) is 3.65. The summed E-state index contributed by atoms with van der Waals surface area (Å²) >= 11 is 0. The van der Waals surface area contributed by atoms with E-state index in [4.69, 9.17) is 4.74 Å². The highest BCUT2D eigenvalue weighted by Gasteiger charge is 2.13. The molecule has 2 aromatic carbocycles. The Labute approximate surface area is 142 Å². The van der Waals surface area contributed by atoms with Crippen LogP contribution < -0.4 is 15.0 Å². The van der Waals surface area contributed by atoms with Gasteiger partial charge in [-0.3, -0.25) is 9.59 Å². The van der Waals surface area contributed by atoms with E-state index in [0.717, 1.165) is 11.3 Å². The molecule has 0 saturated carbocycles. The Bertz CT molecular complexity index is 728. The van der Waals surface area contributed by atoms with Gasteiger partial charge in [0.1, 0.15) is 5.75 Å². The monoisotopic (exact) mass is 326 g/mol. The number of rotatable bonds is 6. The molecule has 0 aromatic heterocycles. The Morgan fingerprint density at radius 3 is 2.54 bits per heavy atom. The number of benzene rings is 2. The average Bonchev–Trinajstić information content (AvgIpc) is 2.58. The Morgan fingerprint density at radius 1 is 1.12 bits per heavy atom. The Kier molecular flexibility index (Phi) is 5.95. The quantitative estimate of drug-likeness (QED) is 0.888. The fraction of sp³-hybridized carbons (Fsp3) is 0.263. The molecular weight excluding hydrogens is 304 g/mol. The number of hydrogen-bond donors (Lipinski definition) is 1. The molecule has 24 heavy (non-hydrogen) atoms. The van der Waals surface area contributed by atoms with Crippen LogP contribution >= 0.6 is 0 Å². The zero-order valence-corrected chi connectivity index (χ0v) is 14.2. The van der Waals surface area contributed by atoms with Gasteiger partial charge in [0.2, 0.25) is 5.91 Å². The first-order valence-corrected chi connectivity index (χ1v) is 7.78. The Hall–Kier alpha value is -2.82. The lowest BCUT2D eigenvalue weighted by Crippen LogP contribution is -2.37. The number of amides is 2. The molecule has 0 fully saturated rings. The zero-order chi connectivity index (χ0) is 17.5. The normalized spacial score (nSPS) is 10.1. The summed E-state index contributed by atoms with van der Waals surface area (Å²) in [4.78, 5) is 25.7. The summed E-state index contributed by atoms with van der Waals surface area (Å²) in [5.74, 6) is 0.448. The van der Waals surface area contributed by atoms with Crippen molar-refractivity contribution in [1.82, 2.24) is 5.32 Å². The number of ether oxygens (including phenoxy) is 1. The third-order valence-corrected chi connectivity index (χ3v) is 3.65. The molecule has 2 aromatic rings. The number of anilines is 1. The van der Waals surface area contributed by atoms with E-state index in [1.165, 1.54) is 6.92 Å². The topological polar surface area (TPSA) is 58.6 Å². The minimum atomic E-state index is -0.146. The van der Waals surface area contributed by atoms with Crippen molar-refractivity contribution in [3.63, 3.8) is 0 Å². The second-order valence-electron chi connectivity index (χ2n) is 5.50. The summed E-state index contributed by atoms with van der Waals surface area (Å²) in [6, 6.07) is 14.7. The number of carbonyl (C=O) groups excluding carboxylic acids is 2. The van der Waals surface area contributed by atoms with Gasteiger partial charge in [-0.2, -0.15) is 0 Å². The van der Waals surface area contributed by atoms with Crippen molar-refractivity contribution in [2.24, 2.45) is 0 Å². The smallest absolute Gasteiger partial charge is 0.251 e. The van der Waals surface area contributed by atoms with Gasteiger partial charge < -0.3 is 15.0 Å². The summed E-state index contributed by atoms with van der Waals surface area (Å²) in [5, 5.41) is 2.85. The van der Waals surface area contributed by atoms with Gasteiger partial charge in [0.05, 0.1) is 7.11 Å². The second-order valence-corrected chi connectivity index (χ2v) is 5.50. The molecule has 0 aliphatic carbocycles. The highest BCUT2D eigenvalue weighted by Crippen LogP contribution is 2.20. The van der Waals surface area contributed by atoms with Crippen LogP contribution in [0.15, 0.2) is 48.5 Å². The van der Waals surface area contributed by atoms with E-state index in [9.17, 15) is 9.59 Å². The van der Waals surface area contributed by atoms with Crippen molar-refractivity contribution < 1.29 is 14.3 Å². The van der Waals surface area contributed by atoms with E-state index in [0.29, 0.717) is 24.4 Å². The minimum Gasteiger partial charge on any atom is -0.497 e. The maximum absolute atomic E-state index is 12.2. The number of aryl methyl sites for hydroxylation is 1. The van der Waals surface area contributed by atoms with Gasteiger partial charge in [0, 0.05) is 37.3 Å². The lowest BCUT2D eigenvalue weighted by molar-refractivity contribution is -0.116. The first kappa shape index (κ1) is 17.5. The lowest BCUT2D eigenvalue weighted by atomic mass is 10.1. The van der Waals surface area contributed by atoms with Crippen molar-refractivity contribution in [2.45, 2.75) is 13.8 Å². The van der Waals surface area contributed by atoms with Gasteiger partial charge in [-0.1, -0.05) is 23.8 Å². The average molecular weight is 326 g/mol. The summed E-state index contributed by atoms with van der Waals surface area (Å²) < 4.78 is 5.19. The highest BCUT2D eigenvalue weighted by atomic mass is 16.5. The molecule has 0 radical (unpaired) electrons. The van der Waals surface area contributed by atoms with Crippen LogP contribution in [0, 0.1) is 6.92 Å². The minimum absolute atomic E-state index is 0.0898. The molecule has 0 saturated heterocycles. The molecule has 5 nitrogen and oxygen atoms in total. The highest BCUT2D eigenvalue weighted by molar-refractivity contribution is 5.95. The number of carbonyl (C=O) groups is 2. The Balaban J connectivity index is 1.99. The number of nitrogens with zero attached hydrogens (tertiary/aromatic N) is 1.